The first kappa shape index (κ1) is 13.5. The molecule has 2 rings (SSSR count). The average molecular weight is 280 g/mol. The molecule has 1 aromatic heterocycles. The van der Waals surface area contributed by atoms with Crippen molar-refractivity contribution in [1.82, 2.24) is 0 Å². The van der Waals surface area contributed by atoms with Crippen LogP contribution in [0.5, 0.6) is 0 Å². The van der Waals surface area contributed by atoms with Crippen molar-refractivity contribution in [1.29, 1.82) is 0 Å². The van der Waals surface area contributed by atoms with Gasteiger partial charge in [-0.15, -0.1) is 0 Å². The molecule has 4 nitrogen and oxygen atoms in total. The number of anilines is 1. The van der Waals surface area contributed by atoms with Gasteiger partial charge in [-0.3, -0.25) is 0 Å². The molecule has 0 spiro atoms. The minimum absolute atomic E-state index is 0.00308. The Morgan fingerprint density at radius 1 is 1.42 bits per heavy atom. The Kier molecular flexibility index (Phi) is 4.12. The quantitative estimate of drug-likeness (QED) is 0.863. The molecule has 0 aliphatic rings. The second-order valence-electron chi connectivity index (χ2n) is 4.10. The number of esters is 1. The summed E-state index contributed by atoms with van der Waals surface area (Å²) in [5, 5.41) is 3.72. The van der Waals surface area contributed by atoms with Crippen molar-refractivity contribution in [3.05, 3.63) is 52.9 Å². The van der Waals surface area contributed by atoms with Crippen LogP contribution >= 0.6 is 11.6 Å². The molecule has 0 aliphatic heterocycles. The molecule has 0 radical (unpaired) electrons. The van der Waals surface area contributed by atoms with Crippen LogP contribution in [0, 0.1) is 0 Å². The van der Waals surface area contributed by atoms with Crippen molar-refractivity contribution in [3.8, 4) is 0 Å². The van der Waals surface area contributed by atoms with Gasteiger partial charge in [0.2, 0.25) is 0 Å². The largest absolute Gasteiger partial charge is 0.472 e. The summed E-state index contributed by atoms with van der Waals surface area (Å²) in [7, 11) is 1.34. The summed E-state index contributed by atoms with van der Waals surface area (Å²) in [6.45, 7) is 1.97. The molecule has 100 valence electrons. The van der Waals surface area contributed by atoms with Gasteiger partial charge >= 0.3 is 5.97 Å². The van der Waals surface area contributed by atoms with Gasteiger partial charge in [0.05, 0.1) is 31.2 Å². The Hall–Kier alpha value is -1.94. The second-order valence-corrected chi connectivity index (χ2v) is 4.54. The van der Waals surface area contributed by atoms with Gasteiger partial charge in [-0.05, 0) is 31.2 Å². The second kappa shape index (κ2) is 5.80. The van der Waals surface area contributed by atoms with Gasteiger partial charge in [0.25, 0.3) is 0 Å². The summed E-state index contributed by atoms with van der Waals surface area (Å²) in [6, 6.07) is 6.93. The van der Waals surface area contributed by atoms with E-state index in [2.05, 4.69) is 5.32 Å². The van der Waals surface area contributed by atoms with E-state index in [1.54, 1.807) is 30.7 Å². The number of halogens is 1. The molecule has 0 saturated carbocycles. The van der Waals surface area contributed by atoms with E-state index in [0.717, 1.165) is 5.56 Å². The van der Waals surface area contributed by atoms with E-state index >= 15 is 0 Å². The summed E-state index contributed by atoms with van der Waals surface area (Å²) in [6.07, 6.45) is 3.27. The topological polar surface area (TPSA) is 51.5 Å². The lowest BCUT2D eigenvalue weighted by Crippen LogP contribution is -2.11. The van der Waals surface area contributed by atoms with Crippen molar-refractivity contribution in [3.63, 3.8) is 0 Å². The highest BCUT2D eigenvalue weighted by molar-refractivity contribution is 6.31. The zero-order valence-electron chi connectivity index (χ0n) is 10.6. The van der Waals surface area contributed by atoms with Gasteiger partial charge < -0.3 is 14.5 Å². The number of carbonyl (C=O) groups excluding carboxylic acids is 1. The SMILES string of the molecule is COC(=O)c1cc(Cl)ccc1NC(C)c1ccoc1. The Morgan fingerprint density at radius 3 is 2.84 bits per heavy atom. The first-order chi connectivity index (χ1) is 9.11. The number of carbonyl (C=O) groups is 1. The summed E-state index contributed by atoms with van der Waals surface area (Å²) in [5.74, 6) is -0.426. The number of nitrogens with one attached hydrogen (secondary N) is 1. The minimum Gasteiger partial charge on any atom is -0.472 e. The van der Waals surface area contributed by atoms with E-state index < -0.39 is 5.97 Å². The molecule has 0 aliphatic carbocycles. The van der Waals surface area contributed by atoms with Crippen LogP contribution in [0.1, 0.15) is 28.9 Å². The number of rotatable bonds is 4. The van der Waals surface area contributed by atoms with E-state index in [1.807, 2.05) is 13.0 Å². The van der Waals surface area contributed by atoms with Crippen LogP contribution in [-0.4, -0.2) is 13.1 Å². The number of methoxy groups -OCH3 is 1. The molecule has 1 aromatic carbocycles. The highest BCUT2D eigenvalue weighted by Crippen LogP contribution is 2.26. The summed E-state index contributed by atoms with van der Waals surface area (Å²) in [4.78, 5) is 11.7. The van der Waals surface area contributed by atoms with Gasteiger partial charge in [-0.1, -0.05) is 11.6 Å². The number of benzene rings is 1. The first-order valence-corrected chi connectivity index (χ1v) is 6.16. The van der Waals surface area contributed by atoms with Crippen molar-refractivity contribution >= 4 is 23.3 Å². The molecule has 5 heteroatoms. The fourth-order valence-corrected chi connectivity index (χ4v) is 1.93. The van der Waals surface area contributed by atoms with E-state index in [4.69, 9.17) is 20.8 Å². The Bertz CT molecular complexity index is 566. The number of hydrogen-bond acceptors (Lipinski definition) is 4. The van der Waals surface area contributed by atoms with Gasteiger partial charge in [-0.2, -0.15) is 0 Å². The van der Waals surface area contributed by atoms with Crippen molar-refractivity contribution in [2.24, 2.45) is 0 Å². The van der Waals surface area contributed by atoms with Crippen LogP contribution in [0.25, 0.3) is 0 Å². The van der Waals surface area contributed by atoms with Crippen LogP contribution in [0.3, 0.4) is 0 Å². The first-order valence-electron chi connectivity index (χ1n) is 5.78. The van der Waals surface area contributed by atoms with Crippen molar-refractivity contribution < 1.29 is 13.9 Å². The fraction of sp³-hybridized carbons (Fsp3) is 0.214. The van der Waals surface area contributed by atoms with Crippen molar-refractivity contribution in [2.45, 2.75) is 13.0 Å². The fourth-order valence-electron chi connectivity index (χ4n) is 1.76. The standard InChI is InChI=1S/C14H14ClNO3/c1-9(10-5-6-19-8-10)16-13-4-3-11(15)7-12(13)14(17)18-2/h3-9,16H,1-2H3. The molecule has 1 N–H and O–H groups in total. The smallest absolute Gasteiger partial charge is 0.340 e. The third-order valence-corrected chi connectivity index (χ3v) is 3.04. The number of ether oxygens (including phenoxy) is 1. The summed E-state index contributed by atoms with van der Waals surface area (Å²) >= 11 is 5.90. The Morgan fingerprint density at radius 2 is 2.21 bits per heavy atom. The molecule has 0 saturated heterocycles. The molecule has 0 amide bonds. The summed E-state index contributed by atoms with van der Waals surface area (Å²) < 4.78 is 9.79. The van der Waals surface area contributed by atoms with Crippen LogP contribution in [0.2, 0.25) is 5.02 Å². The van der Waals surface area contributed by atoms with Gasteiger partial charge in [0, 0.05) is 16.3 Å². The van der Waals surface area contributed by atoms with Crippen LogP contribution in [0.4, 0.5) is 5.69 Å². The molecule has 2 aromatic rings. The van der Waals surface area contributed by atoms with Gasteiger partial charge in [0.1, 0.15) is 0 Å². The number of hydrogen-bond donors (Lipinski definition) is 1. The van der Waals surface area contributed by atoms with Gasteiger partial charge in [-0.25, -0.2) is 4.79 Å². The van der Waals surface area contributed by atoms with Crippen LogP contribution < -0.4 is 5.32 Å². The maximum absolute atomic E-state index is 11.7. The molecule has 1 heterocycles. The molecule has 19 heavy (non-hydrogen) atoms. The highest BCUT2D eigenvalue weighted by Gasteiger charge is 2.15. The van der Waals surface area contributed by atoms with E-state index in [-0.39, 0.29) is 6.04 Å². The monoisotopic (exact) mass is 279 g/mol. The average Bonchev–Trinajstić information content (AvgIpc) is 2.94. The lowest BCUT2D eigenvalue weighted by molar-refractivity contribution is 0.0602. The minimum atomic E-state index is -0.426. The van der Waals surface area contributed by atoms with Crippen LogP contribution in [-0.2, 0) is 4.74 Å². The molecular weight excluding hydrogens is 266 g/mol. The zero-order valence-corrected chi connectivity index (χ0v) is 11.4. The van der Waals surface area contributed by atoms with E-state index in [1.165, 1.54) is 7.11 Å². The molecular formula is C14H14ClNO3. The zero-order chi connectivity index (χ0) is 13.8. The Balaban J connectivity index is 2.27. The highest BCUT2D eigenvalue weighted by atomic mass is 35.5. The summed E-state index contributed by atoms with van der Waals surface area (Å²) in [5.41, 5.74) is 2.07. The molecule has 1 atom stereocenters. The van der Waals surface area contributed by atoms with Crippen molar-refractivity contribution in [2.75, 3.05) is 12.4 Å². The maximum atomic E-state index is 11.7. The third kappa shape index (κ3) is 3.09. The maximum Gasteiger partial charge on any atom is 0.340 e. The lowest BCUT2D eigenvalue weighted by atomic mass is 10.1. The molecule has 0 bridgehead atoms. The predicted octanol–water partition coefficient (Wildman–Crippen LogP) is 3.89. The van der Waals surface area contributed by atoms with Crippen LogP contribution in [0.15, 0.2) is 41.2 Å². The Labute approximate surface area is 116 Å². The van der Waals surface area contributed by atoms with E-state index in [0.29, 0.717) is 16.3 Å². The lowest BCUT2D eigenvalue weighted by Gasteiger charge is -2.16. The molecule has 1 unspecified atom stereocenters. The predicted molar refractivity (Wildman–Crippen MR) is 73.5 cm³/mol. The third-order valence-electron chi connectivity index (χ3n) is 2.80. The normalized spacial score (nSPS) is 11.9. The van der Waals surface area contributed by atoms with Gasteiger partial charge in [0.15, 0.2) is 0 Å². The van der Waals surface area contributed by atoms with E-state index in [9.17, 15) is 4.79 Å². The number of furan rings is 1. The molecule has 0 fully saturated rings.